The van der Waals surface area contributed by atoms with E-state index in [1.165, 1.54) is 17.3 Å². The van der Waals surface area contributed by atoms with Gasteiger partial charge in [-0.05, 0) is 25.1 Å². The Kier molecular flexibility index (Phi) is 6.96. The molecule has 4 N–H and O–H groups in total. The van der Waals surface area contributed by atoms with Crippen LogP contribution in [0.4, 0.5) is 24.7 Å². The standard InChI is InChI=1S/C20H24F3N5O3/c1-12(10-29-2)31-13-3-4-15(24)14(7-13)19(25)16-8-18(27-11-26-16)28-5-6-30-17(9-28)20(21,22)23/h3-4,7-8,11-12,17,25H,5-6,9-10,24H2,1-2H3/p+1/t12-,17?/m0/s1. The van der Waals surface area contributed by atoms with Crippen LogP contribution < -0.4 is 20.8 Å². The fourth-order valence-electron chi connectivity index (χ4n) is 3.20. The molecule has 0 bridgehead atoms. The van der Waals surface area contributed by atoms with Crippen LogP contribution in [0.25, 0.3) is 0 Å². The Morgan fingerprint density at radius 2 is 2.13 bits per heavy atom. The Morgan fingerprint density at radius 3 is 2.84 bits per heavy atom. The number of morpholine rings is 1. The average molecular weight is 440 g/mol. The maximum absolute atomic E-state index is 13.0. The van der Waals surface area contributed by atoms with Crippen LogP contribution in [-0.2, 0) is 9.47 Å². The maximum Gasteiger partial charge on any atom is 0.416 e. The number of nitrogens with zero attached hydrogens (tertiary/aromatic N) is 3. The minimum absolute atomic E-state index is 0.0608. The van der Waals surface area contributed by atoms with Crippen molar-refractivity contribution in [3.63, 3.8) is 0 Å². The number of nitrogens with two attached hydrogens (primary N) is 2. The number of anilines is 2. The normalized spacial score (nSPS) is 18.0. The smallest absolute Gasteiger partial charge is 0.416 e. The lowest BCUT2D eigenvalue weighted by Crippen LogP contribution is -2.49. The van der Waals surface area contributed by atoms with E-state index in [-0.39, 0.29) is 31.5 Å². The summed E-state index contributed by atoms with van der Waals surface area (Å²) in [6, 6.07) is 6.60. The highest BCUT2D eigenvalue weighted by Crippen LogP contribution is 2.28. The van der Waals surface area contributed by atoms with Crippen LogP contribution in [-0.4, -0.2) is 67.5 Å². The number of methoxy groups -OCH3 is 1. The first-order chi connectivity index (χ1) is 14.7. The molecule has 1 fully saturated rings. The van der Waals surface area contributed by atoms with E-state index >= 15 is 0 Å². The van der Waals surface area contributed by atoms with E-state index in [2.05, 4.69) is 9.97 Å². The van der Waals surface area contributed by atoms with Gasteiger partial charge in [0.05, 0.1) is 25.3 Å². The highest BCUT2D eigenvalue weighted by molar-refractivity contribution is 6.11. The Balaban J connectivity index is 1.82. The van der Waals surface area contributed by atoms with Crippen molar-refractivity contribution in [2.24, 2.45) is 0 Å². The third kappa shape index (κ3) is 5.61. The van der Waals surface area contributed by atoms with E-state index in [0.717, 1.165) is 0 Å². The van der Waals surface area contributed by atoms with Gasteiger partial charge in [0, 0.05) is 25.4 Å². The van der Waals surface area contributed by atoms with Gasteiger partial charge >= 0.3 is 6.18 Å². The summed E-state index contributed by atoms with van der Waals surface area (Å²) < 4.78 is 54.8. The summed E-state index contributed by atoms with van der Waals surface area (Å²) in [5, 5.41) is 6.31. The van der Waals surface area contributed by atoms with E-state index in [4.69, 9.17) is 25.4 Å². The minimum Gasteiger partial charge on any atom is -0.488 e. The van der Waals surface area contributed by atoms with Crippen molar-refractivity contribution in [2.75, 3.05) is 44.0 Å². The molecule has 1 aliphatic heterocycles. The fourth-order valence-corrected chi connectivity index (χ4v) is 3.20. The molecule has 168 valence electrons. The quantitative estimate of drug-likeness (QED) is 0.485. The Hall–Kier alpha value is -2.92. The summed E-state index contributed by atoms with van der Waals surface area (Å²) in [5.41, 5.74) is 7.60. The zero-order chi connectivity index (χ0) is 22.6. The van der Waals surface area contributed by atoms with Crippen LogP contribution in [0, 0.1) is 0 Å². The summed E-state index contributed by atoms with van der Waals surface area (Å²) in [4.78, 5) is 9.77. The fraction of sp³-hybridized carbons (Fsp3) is 0.450. The molecule has 1 aromatic heterocycles. The Bertz CT molecular complexity index is 925. The largest absolute Gasteiger partial charge is 0.488 e. The molecule has 1 unspecified atom stereocenters. The average Bonchev–Trinajstić information content (AvgIpc) is 2.74. The second kappa shape index (κ2) is 9.48. The van der Waals surface area contributed by atoms with Crippen LogP contribution in [0.3, 0.4) is 0 Å². The molecule has 2 aromatic rings. The van der Waals surface area contributed by atoms with E-state index < -0.39 is 12.3 Å². The van der Waals surface area contributed by atoms with Gasteiger partial charge in [0.1, 0.15) is 29.7 Å². The molecule has 1 saturated heterocycles. The highest BCUT2D eigenvalue weighted by Gasteiger charge is 2.43. The molecule has 2 atom stereocenters. The van der Waals surface area contributed by atoms with Crippen LogP contribution in [0.2, 0.25) is 0 Å². The zero-order valence-electron chi connectivity index (χ0n) is 17.2. The summed E-state index contributed by atoms with van der Waals surface area (Å²) in [6.45, 7) is 2.12. The van der Waals surface area contributed by atoms with E-state index in [0.29, 0.717) is 35.1 Å². The molecule has 0 radical (unpaired) electrons. The van der Waals surface area contributed by atoms with Crippen LogP contribution in [0.15, 0.2) is 30.6 Å². The summed E-state index contributed by atoms with van der Waals surface area (Å²) in [7, 11) is 1.58. The number of alkyl halides is 3. The molecular formula is C20H25F3N5O3+. The minimum atomic E-state index is -4.45. The Labute approximate surface area is 177 Å². The van der Waals surface area contributed by atoms with Gasteiger partial charge in [-0.3, -0.25) is 5.41 Å². The van der Waals surface area contributed by atoms with Crippen molar-refractivity contribution in [3.05, 3.63) is 41.9 Å². The number of halogens is 3. The molecule has 3 rings (SSSR count). The van der Waals surface area contributed by atoms with Crippen LogP contribution >= 0.6 is 0 Å². The van der Waals surface area contributed by atoms with Gasteiger partial charge in [-0.25, -0.2) is 9.97 Å². The lowest BCUT2D eigenvalue weighted by molar-refractivity contribution is -0.221. The lowest BCUT2D eigenvalue weighted by atomic mass is 10.0. The number of benzene rings is 1. The van der Waals surface area contributed by atoms with Crippen LogP contribution in [0.5, 0.6) is 5.75 Å². The number of rotatable bonds is 7. The molecule has 0 amide bonds. The van der Waals surface area contributed by atoms with Gasteiger partial charge < -0.3 is 24.8 Å². The van der Waals surface area contributed by atoms with Crippen LogP contribution in [0.1, 0.15) is 18.2 Å². The number of aromatic nitrogens is 2. The van der Waals surface area contributed by atoms with Gasteiger partial charge in [-0.15, -0.1) is 0 Å². The van der Waals surface area contributed by atoms with Gasteiger partial charge in [0.2, 0.25) is 5.71 Å². The molecule has 0 aliphatic carbocycles. The molecule has 31 heavy (non-hydrogen) atoms. The molecule has 1 aromatic carbocycles. The number of hydrogen-bond donors (Lipinski definition) is 2. The Morgan fingerprint density at radius 1 is 1.35 bits per heavy atom. The van der Waals surface area contributed by atoms with E-state index in [1.807, 2.05) is 6.92 Å². The molecule has 0 saturated carbocycles. The lowest BCUT2D eigenvalue weighted by Gasteiger charge is -2.34. The third-order valence-electron chi connectivity index (χ3n) is 4.74. The van der Waals surface area contributed by atoms with Crippen molar-refractivity contribution in [1.82, 2.24) is 9.97 Å². The van der Waals surface area contributed by atoms with Crippen molar-refractivity contribution >= 4 is 17.2 Å². The topological polar surface area (TPSA) is 108 Å². The molecule has 11 heteroatoms. The van der Waals surface area contributed by atoms with E-state index in [1.54, 1.807) is 25.3 Å². The van der Waals surface area contributed by atoms with Gasteiger partial charge in [0.15, 0.2) is 6.10 Å². The van der Waals surface area contributed by atoms with Crippen molar-refractivity contribution in [3.8, 4) is 5.75 Å². The number of ether oxygens (including phenoxy) is 3. The van der Waals surface area contributed by atoms with Crippen molar-refractivity contribution in [1.29, 1.82) is 0 Å². The predicted octanol–water partition coefficient (Wildman–Crippen LogP) is 0.837. The summed E-state index contributed by atoms with van der Waals surface area (Å²) in [6.07, 6.45) is -5.25. The highest BCUT2D eigenvalue weighted by atomic mass is 19.4. The number of nitrogen functional groups attached to an aromatic ring is 1. The van der Waals surface area contributed by atoms with E-state index in [9.17, 15) is 13.2 Å². The first-order valence-electron chi connectivity index (χ1n) is 9.62. The van der Waals surface area contributed by atoms with Gasteiger partial charge in [0.25, 0.3) is 0 Å². The second-order valence-electron chi connectivity index (χ2n) is 7.16. The number of hydrogen-bond acceptors (Lipinski definition) is 7. The third-order valence-corrected chi connectivity index (χ3v) is 4.74. The first-order valence-corrected chi connectivity index (χ1v) is 9.62. The molecular weight excluding hydrogens is 415 g/mol. The van der Waals surface area contributed by atoms with Crippen molar-refractivity contribution < 1.29 is 32.8 Å². The SMILES string of the molecule is COC[C@H](C)Oc1ccc(N)c(C(=[NH2+])c2cc(N3CCOC(C(F)(F)F)C3)ncn2)c1. The molecule has 0 spiro atoms. The molecule has 1 aliphatic rings. The first kappa shape index (κ1) is 22.8. The predicted molar refractivity (Wildman–Crippen MR) is 108 cm³/mol. The summed E-state index contributed by atoms with van der Waals surface area (Å²) >= 11 is 0. The zero-order valence-corrected chi connectivity index (χ0v) is 17.2. The monoisotopic (exact) mass is 440 g/mol. The van der Waals surface area contributed by atoms with Crippen molar-refractivity contribution in [2.45, 2.75) is 25.3 Å². The second-order valence-corrected chi connectivity index (χ2v) is 7.16. The summed E-state index contributed by atoms with van der Waals surface area (Å²) in [5.74, 6) is 0.873. The molecule has 8 nitrogen and oxygen atoms in total. The van der Waals surface area contributed by atoms with Gasteiger partial charge in [-0.2, -0.15) is 13.2 Å². The molecule has 2 heterocycles. The van der Waals surface area contributed by atoms with Gasteiger partial charge in [-0.1, -0.05) is 0 Å². The maximum atomic E-state index is 13.0.